The summed E-state index contributed by atoms with van der Waals surface area (Å²) in [4.78, 5) is 13.5. The highest BCUT2D eigenvalue weighted by Crippen LogP contribution is 2.46. The molecule has 0 spiro atoms. The van der Waals surface area contributed by atoms with Gasteiger partial charge in [0.05, 0.1) is 26.2 Å². The van der Waals surface area contributed by atoms with Crippen LogP contribution in [0.2, 0.25) is 0 Å². The van der Waals surface area contributed by atoms with E-state index in [4.69, 9.17) is 9.47 Å². The van der Waals surface area contributed by atoms with E-state index in [9.17, 15) is 26.7 Å². The van der Waals surface area contributed by atoms with Gasteiger partial charge in [-0.15, -0.1) is 0 Å². The van der Waals surface area contributed by atoms with Crippen molar-refractivity contribution in [3.05, 3.63) is 11.1 Å². The molecule has 0 saturated carbocycles. The first-order valence-electron chi connectivity index (χ1n) is 5.96. The molecule has 1 N–H and O–H groups in total. The molecule has 11 heteroatoms. The zero-order chi connectivity index (χ0) is 16.8. The van der Waals surface area contributed by atoms with Crippen LogP contribution in [0.5, 0.6) is 0 Å². The van der Waals surface area contributed by atoms with Gasteiger partial charge in [-0.05, 0) is 0 Å². The van der Waals surface area contributed by atoms with Crippen molar-refractivity contribution in [1.82, 2.24) is 4.98 Å². The van der Waals surface area contributed by atoms with Crippen LogP contribution < -0.4 is 5.32 Å². The van der Waals surface area contributed by atoms with Gasteiger partial charge < -0.3 is 14.8 Å². The fraction of sp³-hybridized carbons (Fsp3) is 0.636. The van der Waals surface area contributed by atoms with Gasteiger partial charge in [0.15, 0.2) is 5.13 Å². The van der Waals surface area contributed by atoms with Crippen molar-refractivity contribution < 1.29 is 36.2 Å². The Bertz CT molecular complexity index is 492. The van der Waals surface area contributed by atoms with E-state index in [0.717, 1.165) is 0 Å². The third-order valence-corrected chi connectivity index (χ3v) is 3.31. The highest BCUT2D eigenvalue weighted by molar-refractivity contribution is 7.15. The number of carbonyl (C=O) groups is 1. The number of ether oxygens (including phenoxy) is 2. The van der Waals surface area contributed by atoms with E-state index in [2.05, 4.69) is 10.3 Å². The van der Waals surface area contributed by atoms with Crippen LogP contribution in [-0.2, 0) is 20.2 Å². The lowest BCUT2D eigenvalue weighted by Crippen LogP contribution is -2.32. The number of nitrogens with one attached hydrogen (secondary N) is 1. The number of halogens is 5. The van der Waals surface area contributed by atoms with Crippen LogP contribution in [0.3, 0.4) is 0 Å². The van der Waals surface area contributed by atoms with Gasteiger partial charge in [0.1, 0.15) is 4.88 Å². The summed E-state index contributed by atoms with van der Waals surface area (Å²) in [5.74, 6) is -5.61. The predicted octanol–water partition coefficient (Wildman–Crippen LogP) is 2.79. The summed E-state index contributed by atoms with van der Waals surface area (Å²) < 4.78 is 72.3. The predicted molar refractivity (Wildman–Crippen MR) is 68.0 cm³/mol. The molecule has 0 aliphatic heterocycles. The first-order chi connectivity index (χ1) is 10.2. The molecule has 1 aromatic heterocycles. The Morgan fingerprint density at radius 3 is 2.55 bits per heavy atom. The molecular weight excluding hydrogens is 335 g/mol. The Hall–Kier alpha value is -1.33. The molecule has 0 aromatic carbocycles. The first kappa shape index (κ1) is 18.7. The van der Waals surface area contributed by atoms with Crippen LogP contribution >= 0.6 is 11.3 Å². The summed E-state index contributed by atoms with van der Waals surface area (Å²) in [6.07, 6.45) is -5.41. The average molecular weight is 348 g/mol. The minimum absolute atomic E-state index is 0.0616. The zero-order valence-electron chi connectivity index (χ0n) is 11.4. The third kappa shape index (κ3) is 5.14. The molecule has 5 nitrogen and oxygen atoms in total. The number of hydrogen-bond acceptors (Lipinski definition) is 5. The van der Waals surface area contributed by atoms with Gasteiger partial charge in [-0.1, -0.05) is 11.3 Å². The topological polar surface area (TPSA) is 60.5 Å². The monoisotopic (exact) mass is 348 g/mol. The molecule has 1 amide bonds. The normalized spacial score (nSPS) is 12.5. The van der Waals surface area contributed by atoms with Crippen LogP contribution in [0, 0.1) is 0 Å². The summed E-state index contributed by atoms with van der Waals surface area (Å²) >= 11 is 0.0685. The summed E-state index contributed by atoms with van der Waals surface area (Å²) in [7, 11) is 1.48. The fourth-order valence-corrected chi connectivity index (χ4v) is 2.04. The van der Waals surface area contributed by atoms with Gasteiger partial charge in [0.25, 0.3) is 0 Å². The van der Waals surface area contributed by atoms with Crippen molar-refractivity contribution in [3.63, 3.8) is 0 Å². The van der Waals surface area contributed by atoms with E-state index >= 15 is 0 Å². The van der Waals surface area contributed by atoms with Gasteiger partial charge in [-0.25, -0.2) is 4.98 Å². The lowest BCUT2D eigenvalue weighted by Gasteiger charge is -2.16. The Morgan fingerprint density at radius 1 is 1.27 bits per heavy atom. The average Bonchev–Trinajstić information content (AvgIpc) is 2.86. The standard InChI is InChI=1S/C11H13F5N2O3S/c1-20-4-5-21-3-2-8(19)18-9-17-6-7(22-9)10(12,13)11(14,15)16/h6H,2-5H2,1H3,(H,17,18,19). The summed E-state index contributed by atoms with van der Waals surface area (Å²) in [5.41, 5.74) is 0. The van der Waals surface area contributed by atoms with Gasteiger partial charge in [0, 0.05) is 13.3 Å². The van der Waals surface area contributed by atoms with Gasteiger partial charge >= 0.3 is 12.1 Å². The Morgan fingerprint density at radius 2 is 1.95 bits per heavy atom. The maximum atomic E-state index is 13.0. The highest BCUT2D eigenvalue weighted by atomic mass is 32.1. The van der Waals surface area contributed by atoms with Crippen molar-refractivity contribution in [2.45, 2.75) is 18.5 Å². The van der Waals surface area contributed by atoms with Crippen molar-refractivity contribution in [1.29, 1.82) is 0 Å². The number of aromatic nitrogens is 1. The van der Waals surface area contributed by atoms with E-state index < -0.39 is 22.9 Å². The van der Waals surface area contributed by atoms with Gasteiger partial charge in [-0.2, -0.15) is 22.0 Å². The second kappa shape index (κ2) is 7.79. The SMILES string of the molecule is COCCOCCC(=O)Nc1ncc(C(F)(F)C(F)(F)F)s1. The summed E-state index contributed by atoms with van der Waals surface area (Å²) in [5, 5.41) is 1.80. The van der Waals surface area contributed by atoms with Crippen LogP contribution in [0.25, 0.3) is 0 Å². The van der Waals surface area contributed by atoms with Gasteiger partial charge in [-0.3, -0.25) is 4.79 Å². The molecule has 0 bridgehead atoms. The number of hydrogen-bond donors (Lipinski definition) is 1. The molecule has 0 aliphatic carbocycles. The molecule has 126 valence electrons. The molecule has 1 heterocycles. The van der Waals surface area contributed by atoms with Crippen molar-refractivity contribution in [3.8, 4) is 0 Å². The fourth-order valence-electron chi connectivity index (χ4n) is 1.21. The van der Waals surface area contributed by atoms with Crippen molar-refractivity contribution in [2.75, 3.05) is 32.2 Å². The van der Waals surface area contributed by atoms with E-state index in [-0.39, 0.29) is 36.1 Å². The molecule has 0 aliphatic rings. The highest BCUT2D eigenvalue weighted by Gasteiger charge is 2.60. The number of amides is 1. The summed E-state index contributed by atoms with van der Waals surface area (Å²) in [6, 6.07) is 0. The third-order valence-electron chi connectivity index (χ3n) is 2.32. The molecule has 1 aromatic rings. The number of alkyl halides is 5. The quantitative estimate of drug-likeness (QED) is 0.580. The van der Waals surface area contributed by atoms with Crippen LogP contribution in [0.15, 0.2) is 6.20 Å². The Kier molecular flexibility index (Phi) is 6.63. The lowest BCUT2D eigenvalue weighted by molar-refractivity contribution is -0.287. The van der Waals surface area contributed by atoms with Crippen molar-refractivity contribution >= 4 is 22.4 Å². The van der Waals surface area contributed by atoms with Crippen LogP contribution in [0.4, 0.5) is 27.1 Å². The smallest absolute Gasteiger partial charge is 0.382 e. The molecule has 22 heavy (non-hydrogen) atoms. The number of rotatable bonds is 8. The van der Waals surface area contributed by atoms with E-state index in [1.807, 2.05) is 0 Å². The maximum Gasteiger partial charge on any atom is 0.459 e. The molecule has 1 rings (SSSR count). The molecule has 0 radical (unpaired) electrons. The van der Waals surface area contributed by atoms with E-state index in [0.29, 0.717) is 12.8 Å². The van der Waals surface area contributed by atoms with Crippen LogP contribution in [0.1, 0.15) is 11.3 Å². The van der Waals surface area contributed by atoms with E-state index in [1.165, 1.54) is 7.11 Å². The molecule has 0 saturated heterocycles. The molecule has 0 fully saturated rings. The number of thiazole rings is 1. The van der Waals surface area contributed by atoms with Crippen molar-refractivity contribution in [2.24, 2.45) is 0 Å². The number of carbonyl (C=O) groups excluding carboxylic acids is 1. The lowest BCUT2D eigenvalue weighted by atomic mass is 10.3. The largest absolute Gasteiger partial charge is 0.459 e. The maximum absolute atomic E-state index is 13.0. The minimum Gasteiger partial charge on any atom is -0.382 e. The number of nitrogens with zero attached hydrogens (tertiary/aromatic N) is 1. The second-order valence-electron chi connectivity index (χ2n) is 4.01. The minimum atomic E-state index is -5.71. The Labute approximate surface area is 126 Å². The van der Waals surface area contributed by atoms with Crippen LogP contribution in [-0.4, -0.2) is 44.0 Å². The van der Waals surface area contributed by atoms with E-state index in [1.54, 1.807) is 0 Å². The number of anilines is 1. The Balaban J connectivity index is 2.50. The number of methoxy groups -OCH3 is 1. The molecule has 0 atom stereocenters. The summed E-state index contributed by atoms with van der Waals surface area (Å²) in [6.45, 7) is 0.694. The molecular formula is C11H13F5N2O3S. The molecule has 0 unspecified atom stereocenters. The van der Waals surface area contributed by atoms with Gasteiger partial charge in [0.2, 0.25) is 5.91 Å². The second-order valence-corrected chi connectivity index (χ2v) is 5.04. The zero-order valence-corrected chi connectivity index (χ0v) is 12.2. The first-order valence-corrected chi connectivity index (χ1v) is 6.77.